The first-order valence-electron chi connectivity index (χ1n) is 7.68. The van der Waals surface area contributed by atoms with Crippen LogP contribution in [0.15, 0.2) is 78.9 Å². The second kappa shape index (κ2) is 5.66. The summed E-state index contributed by atoms with van der Waals surface area (Å²) in [7, 11) is 0. The van der Waals surface area contributed by atoms with Crippen molar-refractivity contribution < 1.29 is 4.79 Å². The zero-order valence-corrected chi connectivity index (χ0v) is 12.9. The maximum absolute atomic E-state index is 13.0. The number of nitrogen functional groups attached to an aromatic ring is 1. The quantitative estimate of drug-likeness (QED) is 0.462. The fraction of sp³-hybridized carbons (Fsp3) is 0. The van der Waals surface area contributed by atoms with Gasteiger partial charge < -0.3 is 5.73 Å². The summed E-state index contributed by atoms with van der Waals surface area (Å²) in [5.41, 5.74) is 9.73. The Kier molecular flexibility index (Phi) is 3.35. The minimum Gasteiger partial charge on any atom is -0.397 e. The minimum absolute atomic E-state index is 0.130. The highest BCUT2D eigenvalue weighted by Gasteiger charge is 2.20. The van der Waals surface area contributed by atoms with Crippen molar-refractivity contribution in [1.29, 1.82) is 0 Å². The second-order valence-electron chi connectivity index (χ2n) is 5.51. The van der Waals surface area contributed by atoms with Gasteiger partial charge in [-0.1, -0.05) is 54.6 Å². The Labute approximate surface area is 139 Å². The van der Waals surface area contributed by atoms with Crippen LogP contribution in [0.5, 0.6) is 0 Å². The molecule has 0 spiro atoms. The van der Waals surface area contributed by atoms with Gasteiger partial charge in [0.05, 0.1) is 22.4 Å². The smallest absolute Gasteiger partial charge is 0.228 e. The summed E-state index contributed by atoms with van der Waals surface area (Å²) in [6, 6.07) is 24.3. The van der Waals surface area contributed by atoms with Crippen molar-refractivity contribution >= 4 is 22.5 Å². The predicted octanol–water partition coefficient (Wildman–Crippen LogP) is 3.84. The minimum atomic E-state index is -0.130. The van der Waals surface area contributed by atoms with Crippen LogP contribution in [-0.4, -0.2) is 15.3 Å². The zero-order chi connectivity index (χ0) is 16.5. The standard InChI is InChI=1S/C20H15N3O/c21-15-10-4-6-12-17(15)23-18-13-7-5-11-16(18)22-20(23)19(24)14-8-2-1-3-9-14/h1-13H,21H2. The first-order valence-corrected chi connectivity index (χ1v) is 7.68. The molecular weight excluding hydrogens is 298 g/mol. The molecule has 0 radical (unpaired) electrons. The number of ketones is 1. The van der Waals surface area contributed by atoms with Crippen LogP contribution < -0.4 is 5.73 Å². The van der Waals surface area contributed by atoms with E-state index in [1.165, 1.54) is 0 Å². The van der Waals surface area contributed by atoms with E-state index in [1.54, 1.807) is 12.1 Å². The molecule has 2 N–H and O–H groups in total. The normalized spacial score (nSPS) is 10.8. The first-order chi connectivity index (χ1) is 11.8. The fourth-order valence-corrected chi connectivity index (χ4v) is 2.83. The van der Waals surface area contributed by atoms with Crippen LogP contribution in [0.3, 0.4) is 0 Å². The van der Waals surface area contributed by atoms with Crippen molar-refractivity contribution in [2.45, 2.75) is 0 Å². The SMILES string of the molecule is Nc1ccccc1-n1c(C(=O)c2ccccc2)nc2ccccc21. The Morgan fingerprint density at radius 1 is 0.833 bits per heavy atom. The molecule has 0 unspecified atom stereocenters. The molecule has 0 fully saturated rings. The molecule has 0 aliphatic carbocycles. The summed E-state index contributed by atoms with van der Waals surface area (Å²) in [6.45, 7) is 0. The van der Waals surface area contributed by atoms with E-state index in [9.17, 15) is 4.79 Å². The topological polar surface area (TPSA) is 60.9 Å². The highest BCUT2D eigenvalue weighted by atomic mass is 16.1. The van der Waals surface area contributed by atoms with E-state index in [0.29, 0.717) is 17.1 Å². The van der Waals surface area contributed by atoms with Crippen LogP contribution in [0.1, 0.15) is 16.2 Å². The van der Waals surface area contributed by atoms with Gasteiger partial charge in [0.25, 0.3) is 0 Å². The van der Waals surface area contributed by atoms with Crippen LogP contribution in [0.4, 0.5) is 5.69 Å². The van der Waals surface area contributed by atoms with Gasteiger partial charge in [-0.2, -0.15) is 0 Å². The predicted molar refractivity (Wildman–Crippen MR) is 95.4 cm³/mol. The van der Waals surface area contributed by atoms with Gasteiger partial charge in [0.1, 0.15) is 0 Å². The first kappa shape index (κ1) is 14.2. The Hall–Kier alpha value is -3.40. The zero-order valence-electron chi connectivity index (χ0n) is 12.9. The number of hydrogen-bond donors (Lipinski definition) is 1. The third-order valence-electron chi connectivity index (χ3n) is 3.98. The summed E-state index contributed by atoms with van der Waals surface area (Å²) >= 11 is 0. The Morgan fingerprint density at radius 3 is 2.29 bits per heavy atom. The molecule has 4 aromatic rings. The van der Waals surface area contributed by atoms with Crippen molar-refractivity contribution in [3.8, 4) is 5.69 Å². The van der Waals surface area contributed by atoms with Crippen molar-refractivity contribution in [2.75, 3.05) is 5.73 Å². The summed E-state index contributed by atoms with van der Waals surface area (Å²) in [4.78, 5) is 17.6. The number of benzene rings is 3. The van der Waals surface area contributed by atoms with E-state index < -0.39 is 0 Å². The fourth-order valence-electron chi connectivity index (χ4n) is 2.83. The molecule has 0 saturated carbocycles. The van der Waals surface area contributed by atoms with E-state index in [0.717, 1.165) is 16.7 Å². The van der Waals surface area contributed by atoms with E-state index >= 15 is 0 Å². The highest BCUT2D eigenvalue weighted by molar-refractivity contribution is 6.09. The summed E-state index contributed by atoms with van der Waals surface area (Å²) in [6.07, 6.45) is 0. The maximum Gasteiger partial charge on any atom is 0.228 e. The van der Waals surface area contributed by atoms with Crippen LogP contribution in [0.2, 0.25) is 0 Å². The third kappa shape index (κ3) is 2.25. The molecule has 0 aliphatic rings. The molecule has 0 bridgehead atoms. The van der Waals surface area contributed by atoms with Crippen LogP contribution in [0.25, 0.3) is 16.7 Å². The molecule has 0 aliphatic heterocycles. The molecule has 1 heterocycles. The number of nitrogens with two attached hydrogens (primary N) is 1. The summed E-state index contributed by atoms with van der Waals surface area (Å²) < 4.78 is 1.83. The van der Waals surface area contributed by atoms with Crippen molar-refractivity contribution in [2.24, 2.45) is 0 Å². The van der Waals surface area contributed by atoms with Gasteiger partial charge in [0.2, 0.25) is 5.78 Å². The number of carbonyl (C=O) groups is 1. The number of anilines is 1. The molecule has 0 saturated heterocycles. The highest BCUT2D eigenvalue weighted by Crippen LogP contribution is 2.26. The van der Waals surface area contributed by atoms with Crippen LogP contribution in [-0.2, 0) is 0 Å². The number of imidazole rings is 1. The molecule has 1 aromatic heterocycles. The monoisotopic (exact) mass is 313 g/mol. The number of para-hydroxylation sites is 4. The number of nitrogens with zero attached hydrogens (tertiary/aromatic N) is 2. The van der Waals surface area contributed by atoms with E-state index in [2.05, 4.69) is 4.98 Å². The van der Waals surface area contributed by atoms with Gasteiger partial charge >= 0.3 is 0 Å². The molecule has 116 valence electrons. The Bertz CT molecular complexity index is 1040. The molecule has 4 heteroatoms. The molecule has 0 amide bonds. The summed E-state index contributed by atoms with van der Waals surface area (Å²) in [5.74, 6) is 0.232. The van der Waals surface area contributed by atoms with E-state index in [1.807, 2.05) is 71.3 Å². The van der Waals surface area contributed by atoms with E-state index in [-0.39, 0.29) is 5.78 Å². The van der Waals surface area contributed by atoms with Gasteiger partial charge in [-0.15, -0.1) is 0 Å². The van der Waals surface area contributed by atoms with Crippen LogP contribution >= 0.6 is 0 Å². The molecular formula is C20H15N3O. The average molecular weight is 313 g/mol. The second-order valence-corrected chi connectivity index (χ2v) is 5.51. The third-order valence-corrected chi connectivity index (χ3v) is 3.98. The Morgan fingerprint density at radius 2 is 1.50 bits per heavy atom. The van der Waals surface area contributed by atoms with Crippen molar-refractivity contribution in [3.63, 3.8) is 0 Å². The largest absolute Gasteiger partial charge is 0.397 e. The Balaban J connectivity index is 2.01. The summed E-state index contributed by atoms with van der Waals surface area (Å²) in [5, 5.41) is 0. The van der Waals surface area contributed by atoms with Crippen molar-refractivity contribution in [1.82, 2.24) is 9.55 Å². The van der Waals surface area contributed by atoms with Gasteiger partial charge in [-0.05, 0) is 24.3 Å². The molecule has 24 heavy (non-hydrogen) atoms. The van der Waals surface area contributed by atoms with E-state index in [4.69, 9.17) is 5.73 Å². The van der Waals surface area contributed by atoms with Crippen molar-refractivity contribution in [3.05, 3.63) is 90.3 Å². The van der Waals surface area contributed by atoms with Gasteiger partial charge in [0, 0.05) is 5.56 Å². The van der Waals surface area contributed by atoms with Gasteiger partial charge in [0.15, 0.2) is 5.82 Å². The lowest BCUT2D eigenvalue weighted by atomic mass is 10.1. The molecule has 4 rings (SSSR count). The number of aromatic nitrogens is 2. The maximum atomic E-state index is 13.0. The van der Waals surface area contributed by atoms with Gasteiger partial charge in [-0.3, -0.25) is 9.36 Å². The lowest BCUT2D eigenvalue weighted by molar-refractivity contribution is 0.102. The lowest BCUT2D eigenvalue weighted by Gasteiger charge is -2.11. The van der Waals surface area contributed by atoms with Crippen LogP contribution in [0, 0.1) is 0 Å². The average Bonchev–Trinajstić information content (AvgIpc) is 3.01. The molecule has 0 atom stereocenters. The number of rotatable bonds is 3. The van der Waals surface area contributed by atoms with Gasteiger partial charge in [-0.25, -0.2) is 4.98 Å². The number of hydrogen-bond acceptors (Lipinski definition) is 3. The number of carbonyl (C=O) groups excluding carboxylic acids is 1. The molecule has 4 nitrogen and oxygen atoms in total. The number of fused-ring (bicyclic) bond motifs is 1. The lowest BCUT2D eigenvalue weighted by Crippen LogP contribution is -2.11. The molecule has 3 aromatic carbocycles.